The summed E-state index contributed by atoms with van der Waals surface area (Å²) in [5.41, 5.74) is 9.06. The van der Waals surface area contributed by atoms with Crippen LogP contribution in [0.4, 0.5) is 0 Å². The van der Waals surface area contributed by atoms with Gasteiger partial charge in [-0.25, -0.2) is 4.79 Å². The van der Waals surface area contributed by atoms with E-state index >= 15 is 0 Å². The number of hydrogen-bond acceptors (Lipinski definition) is 4. The van der Waals surface area contributed by atoms with E-state index < -0.39 is 5.97 Å². The Bertz CT molecular complexity index is 476. The van der Waals surface area contributed by atoms with Gasteiger partial charge in [-0.2, -0.15) is 0 Å². The quantitative estimate of drug-likeness (QED) is 0.205. The molecule has 1 rings (SSSR count). The van der Waals surface area contributed by atoms with E-state index in [9.17, 15) is 4.79 Å². The molecule has 0 amide bonds. The predicted molar refractivity (Wildman–Crippen MR) is 67.4 cm³/mol. The minimum absolute atomic E-state index is 0.0631. The summed E-state index contributed by atoms with van der Waals surface area (Å²) in [6.07, 6.45) is 3.46. The lowest BCUT2D eigenvalue weighted by molar-refractivity contribution is -0.136. The average molecular weight is 249 g/mol. The van der Waals surface area contributed by atoms with Gasteiger partial charge in [-0.3, -0.25) is 0 Å². The van der Waals surface area contributed by atoms with Crippen LogP contribution in [0.15, 0.2) is 40.0 Å². The number of thioether (sulfide) groups is 1. The first kappa shape index (κ1) is 13.2. The van der Waals surface area contributed by atoms with Crippen LogP contribution in [0.3, 0.4) is 0 Å². The molecule has 0 heterocycles. The van der Waals surface area contributed by atoms with Crippen LogP contribution >= 0.6 is 11.8 Å². The Morgan fingerprint density at radius 1 is 1.47 bits per heavy atom. The third kappa shape index (κ3) is 3.86. The van der Waals surface area contributed by atoms with E-state index in [1.165, 1.54) is 13.2 Å². The average Bonchev–Trinajstić information content (AvgIpc) is 2.38. The fourth-order valence-corrected chi connectivity index (χ4v) is 1.55. The number of rotatable bonds is 4. The lowest BCUT2D eigenvalue weighted by Gasteiger charge is -2.00. The van der Waals surface area contributed by atoms with Gasteiger partial charge in [0.05, 0.1) is 7.11 Å². The van der Waals surface area contributed by atoms with Crippen LogP contribution in [-0.4, -0.2) is 19.3 Å². The summed E-state index contributed by atoms with van der Waals surface area (Å²) in [5, 5.41) is 3.29. The zero-order chi connectivity index (χ0) is 12.7. The highest BCUT2D eigenvalue weighted by Crippen LogP contribution is 2.17. The molecule has 0 saturated carbocycles. The number of nitrogens with zero attached hydrogens (tertiary/aromatic N) is 3. The Labute approximate surface area is 103 Å². The Kier molecular flexibility index (Phi) is 5.13. The minimum atomic E-state index is -0.656. The Morgan fingerprint density at radius 2 is 2.12 bits per heavy atom. The molecule has 0 fully saturated rings. The third-order valence-electron chi connectivity index (χ3n) is 1.97. The van der Waals surface area contributed by atoms with E-state index in [4.69, 9.17) is 5.53 Å². The Balaban J connectivity index is 3.03. The van der Waals surface area contributed by atoms with Crippen LogP contribution in [0.5, 0.6) is 0 Å². The van der Waals surface area contributed by atoms with Gasteiger partial charge in [0.15, 0.2) is 0 Å². The molecule has 0 radical (unpaired) electrons. The van der Waals surface area contributed by atoms with Crippen molar-refractivity contribution in [3.8, 4) is 0 Å². The largest absolute Gasteiger partial charge is 0.466 e. The van der Waals surface area contributed by atoms with Crippen LogP contribution < -0.4 is 0 Å². The monoisotopic (exact) mass is 249 g/mol. The molecule has 0 N–H and O–H groups in total. The Morgan fingerprint density at radius 3 is 2.59 bits per heavy atom. The molecule has 0 aliphatic heterocycles. The topological polar surface area (TPSA) is 75.1 Å². The van der Waals surface area contributed by atoms with E-state index in [1.807, 2.05) is 30.5 Å². The molecule has 17 heavy (non-hydrogen) atoms. The summed E-state index contributed by atoms with van der Waals surface area (Å²) in [5.74, 6) is -0.656. The highest BCUT2D eigenvalue weighted by atomic mass is 32.2. The van der Waals surface area contributed by atoms with Gasteiger partial charge in [0.1, 0.15) is 5.70 Å². The second kappa shape index (κ2) is 6.62. The number of carbonyl (C=O) groups is 1. The molecule has 1 aromatic carbocycles. The molecule has 0 aliphatic carbocycles. The molecular formula is C11H11N3O2S. The second-order valence-corrected chi connectivity index (χ2v) is 3.86. The first-order valence-electron chi connectivity index (χ1n) is 4.70. The van der Waals surface area contributed by atoms with E-state index in [1.54, 1.807) is 11.8 Å². The zero-order valence-electron chi connectivity index (χ0n) is 9.45. The van der Waals surface area contributed by atoms with Crippen molar-refractivity contribution in [3.63, 3.8) is 0 Å². The normalized spacial score (nSPS) is 10.6. The molecule has 0 unspecified atom stereocenters. The second-order valence-electron chi connectivity index (χ2n) is 2.98. The fraction of sp³-hybridized carbons (Fsp3) is 0.182. The van der Waals surface area contributed by atoms with Crippen molar-refractivity contribution >= 4 is 23.8 Å². The summed E-state index contributed by atoms with van der Waals surface area (Å²) >= 11 is 1.62. The van der Waals surface area contributed by atoms with Crippen LogP contribution in [0.25, 0.3) is 16.5 Å². The Hall–Kier alpha value is -1.91. The van der Waals surface area contributed by atoms with Crippen molar-refractivity contribution in [2.45, 2.75) is 4.90 Å². The van der Waals surface area contributed by atoms with Crippen molar-refractivity contribution in [3.05, 3.63) is 46.0 Å². The maximum absolute atomic E-state index is 11.3. The van der Waals surface area contributed by atoms with E-state index in [2.05, 4.69) is 14.8 Å². The van der Waals surface area contributed by atoms with Gasteiger partial charge in [-0.1, -0.05) is 17.2 Å². The summed E-state index contributed by atoms with van der Waals surface area (Å²) in [6.45, 7) is 0. The maximum atomic E-state index is 11.3. The highest BCUT2D eigenvalue weighted by molar-refractivity contribution is 7.98. The third-order valence-corrected chi connectivity index (χ3v) is 2.71. The molecule has 0 aromatic heterocycles. The molecule has 1 aromatic rings. The molecular weight excluding hydrogens is 238 g/mol. The number of benzene rings is 1. The van der Waals surface area contributed by atoms with E-state index in [0.717, 1.165) is 10.5 Å². The van der Waals surface area contributed by atoms with Crippen LogP contribution in [-0.2, 0) is 9.53 Å². The molecule has 88 valence electrons. The molecule has 5 nitrogen and oxygen atoms in total. The zero-order valence-corrected chi connectivity index (χ0v) is 10.3. The molecule has 0 bridgehead atoms. The van der Waals surface area contributed by atoms with Crippen molar-refractivity contribution in [1.82, 2.24) is 0 Å². The van der Waals surface area contributed by atoms with Gasteiger partial charge < -0.3 is 4.74 Å². The van der Waals surface area contributed by atoms with Crippen LogP contribution in [0, 0.1) is 0 Å². The minimum Gasteiger partial charge on any atom is -0.466 e. The summed E-state index contributed by atoms with van der Waals surface area (Å²) in [6, 6.07) is 7.51. The SMILES string of the molecule is COC(=O)C(=Cc1ccc(SC)cc1)N=[N+]=[N-]. The van der Waals surface area contributed by atoms with Crippen LogP contribution in [0.1, 0.15) is 5.56 Å². The van der Waals surface area contributed by atoms with E-state index in [0.29, 0.717) is 0 Å². The van der Waals surface area contributed by atoms with Crippen molar-refractivity contribution in [1.29, 1.82) is 0 Å². The number of carbonyl (C=O) groups excluding carboxylic acids is 1. The lowest BCUT2D eigenvalue weighted by atomic mass is 10.2. The van der Waals surface area contributed by atoms with Gasteiger partial charge >= 0.3 is 5.97 Å². The van der Waals surface area contributed by atoms with Gasteiger partial charge in [0, 0.05) is 9.81 Å². The molecule has 0 spiro atoms. The number of esters is 1. The highest BCUT2D eigenvalue weighted by Gasteiger charge is 2.06. The van der Waals surface area contributed by atoms with Gasteiger partial charge in [-0.15, -0.1) is 11.8 Å². The molecule has 0 atom stereocenters. The van der Waals surface area contributed by atoms with Crippen molar-refractivity contribution in [2.24, 2.45) is 5.11 Å². The predicted octanol–water partition coefficient (Wildman–Crippen LogP) is 3.23. The molecule has 6 heteroatoms. The van der Waals surface area contributed by atoms with Crippen molar-refractivity contribution < 1.29 is 9.53 Å². The van der Waals surface area contributed by atoms with Gasteiger partial charge in [0.2, 0.25) is 0 Å². The standard InChI is InChI=1S/C11H11N3O2S/c1-16-11(15)10(13-14-12)7-8-3-5-9(17-2)6-4-8/h3-7H,1-2H3. The summed E-state index contributed by atoms with van der Waals surface area (Å²) in [7, 11) is 1.24. The molecule has 0 aliphatic rings. The number of methoxy groups -OCH3 is 1. The summed E-state index contributed by atoms with van der Waals surface area (Å²) in [4.78, 5) is 15.0. The fourth-order valence-electron chi connectivity index (χ4n) is 1.14. The van der Waals surface area contributed by atoms with Crippen LogP contribution in [0.2, 0.25) is 0 Å². The summed E-state index contributed by atoms with van der Waals surface area (Å²) < 4.78 is 4.51. The number of hydrogen-bond donors (Lipinski definition) is 0. The first-order chi connectivity index (χ1) is 8.21. The molecule has 0 saturated heterocycles. The lowest BCUT2D eigenvalue weighted by Crippen LogP contribution is -2.01. The van der Waals surface area contributed by atoms with Crippen molar-refractivity contribution in [2.75, 3.05) is 13.4 Å². The number of ether oxygens (including phenoxy) is 1. The smallest absolute Gasteiger partial charge is 0.340 e. The number of azide groups is 1. The van der Waals surface area contributed by atoms with Gasteiger partial charge in [0.25, 0.3) is 0 Å². The van der Waals surface area contributed by atoms with E-state index in [-0.39, 0.29) is 5.70 Å². The first-order valence-corrected chi connectivity index (χ1v) is 5.93. The van der Waals surface area contributed by atoms with Gasteiger partial charge in [-0.05, 0) is 35.6 Å². The maximum Gasteiger partial charge on any atom is 0.340 e.